The lowest BCUT2D eigenvalue weighted by Crippen LogP contribution is -2.25. The normalized spacial score (nSPS) is 12.7. The van der Waals surface area contributed by atoms with E-state index in [1.807, 2.05) is 52.0 Å². The molecule has 0 saturated carbocycles. The Morgan fingerprint density at radius 3 is 1.83 bits per heavy atom. The van der Waals surface area contributed by atoms with E-state index in [1.54, 1.807) is 6.92 Å². The summed E-state index contributed by atoms with van der Waals surface area (Å²) in [6.45, 7) is 13.2. The van der Waals surface area contributed by atoms with Gasteiger partial charge in [-0.2, -0.15) is 0 Å². The van der Waals surface area contributed by atoms with Crippen LogP contribution in [-0.2, 0) is 32.0 Å². The Morgan fingerprint density at radius 1 is 0.966 bits per heavy atom. The molecule has 0 spiro atoms. The third-order valence-corrected chi connectivity index (χ3v) is 3.85. The lowest BCUT2D eigenvalue weighted by Gasteiger charge is -2.18. The van der Waals surface area contributed by atoms with Crippen LogP contribution in [0.3, 0.4) is 0 Å². The molecule has 0 fully saturated rings. The third-order valence-electron chi connectivity index (χ3n) is 3.85. The molecule has 0 radical (unpaired) electrons. The van der Waals surface area contributed by atoms with Gasteiger partial charge in [0.25, 0.3) is 0 Å². The van der Waals surface area contributed by atoms with Crippen molar-refractivity contribution >= 4 is 17.9 Å². The van der Waals surface area contributed by atoms with E-state index in [4.69, 9.17) is 9.53 Å². The lowest BCUT2D eigenvalue weighted by molar-refractivity contribution is -0.120. The second-order valence-corrected chi connectivity index (χ2v) is 5.62. The van der Waals surface area contributed by atoms with Crippen molar-refractivity contribution in [2.24, 2.45) is 0 Å². The van der Waals surface area contributed by atoms with Crippen LogP contribution in [0, 0.1) is 0 Å². The van der Waals surface area contributed by atoms with E-state index < -0.39 is 17.3 Å². The molecule has 1 N–H and O–H groups in total. The Balaban J connectivity index is 0. The quantitative estimate of drug-likeness (QED) is 0.530. The van der Waals surface area contributed by atoms with Crippen molar-refractivity contribution in [2.45, 2.75) is 67.7 Å². The zero-order chi connectivity index (χ0) is 23.0. The Bertz CT molecular complexity index is 709. The summed E-state index contributed by atoms with van der Waals surface area (Å²) in [5.41, 5.74) is 2.83. The van der Waals surface area contributed by atoms with Crippen molar-refractivity contribution in [3.8, 4) is 0 Å². The average molecular weight is 405 g/mol. The average Bonchev–Trinajstić information content (AvgIpc) is 2.75. The molecule has 0 aliphatic heterocycles. The lowest BCUT2D eigenvalue weighted by atomic mass is 9.89. The predicted molar refractivity (Wildman–Crippen MR) is 118 cm³/mol. The molecule has 1 aromatic carbocycles. The summed E-state index contributed by atoms with van der Waals surface area (Å²) in [5, 5.41) is 9.84. The van der Waals surface area contributed by atoms with Crippen LogP contribution in [-0.4, -0.2) is 30.1 Å². The maximum absolute atomic E-state index is 12.2. The number of aliphatic hydroxyl groups is 1. The van der Waals surface area contributed by atoms with Gasteiger partial charge in [-0.3, -0.25) is 9.59 Å². The minimum atomic E-state index is -0.601. The minimum absolute atomic E-state index is 0.274. The molecule has 0 aromatic heterocycles. The van der Waals surface area contributed by atoms with Gasteiger partial charge in [0.1, 0.15) is 6.29 Å². The fraction of sp³-hybridized carbons (Fsp3) is 0.458. The van der Waals surface area contributed by atoms with Crippen LogP contribution >= 0.6 is 0 Å². The van der Waals surface area contributed by atoms with E-state index in [-0.39, 0.29) is 5.76 Å². The molecular weight excluding hydrogens is 368 g/mol. The van der Waals surface area contributed by atoms with Crippen molar-refractivity contribution < 1.29 is 24.2 Å². The number of carbonyl (C=O) groups excluding carboxylic acids is 3. The number of hydrogen-bond acceptors (Lipinski definition) is 5. The highest BCUT2D eigenvalue weighted by Crippen LogP contribution is 2.26. The number of aldehydes is 1. The second-order valence-electron chi connectivity index (χ2n) is 5.62. The van der Waals surface area contributed by atoms with Crippen LogP contribution < -0.4 is 0 Å². The fourth-order valence-electron chi connectivity index (χ4n) is 2.55. The summed E-state index contributed by atoms with van der Waals surface area (Å²) < 4.78 is 4.82. The van der Waals surface area contributed by atoms with Gasteiger partial charge >= 0.3 is 0 Å². The van der Waals surface area contributed by atoms with Crippen molar-refractivity contribution in [1.29, 1.82) is 0 Å². The molecule has 5 heteroatoms. The number of hydrogen-bond donors (Lipinski definition) is 1. The van der Waals surface area contributed by atoms with Gasteiger partial charge in [-0.25, -0.2) is 0 Å². The molecule has 0 heterocycles. The van der Waals surface area contributed by atoms with E-state index in [2.05, 4.69) is 6.92 Å². The van der Waals surface area contributed by atoms with Gasteiger partial charge in [0, 0.05) is 17.6 Å². The number of aryl methyl sites for hydroxylation is 1. The first kappa shape index (κ1) is 28.5. The number of rotatable bonds is 5. The number of allylic oxidation sites excluding steroid dienone is 2. The highest BCUT2D eigenvalue weighted by atomic mass is 16.5. The van der Waals surface area contributed by atoms with Gasteiger partial charge < -0.3 is 14.6 Å². The monoisotopic (exact) mass is 404 g/mol. The fourth-order valence-corrected chi connectivity index (χ4v) is 2.55. The topological polar surface area (TPSA) is 80.7 Å². The Labute approximate surface area is 175 Å². The van der Waals surface area contributed by atoms with Gasteiger partial charge in [-0.05, 0) is 31.4 Å². The first-order valence-electron chi connectivity index (χ1n) is 10.1. The number of carbonyl (C=O) groups is 3. The van der Waals surface area contributed by atoms with Gasteiger partial charge in [0.2, 0.25) is 23.1 Å². The number of methoxy groups -OCH3 is 1. The first-order chi connectivity index (χ1) is 13.9. The van der Waals surface area contributed by atoms with Crippen molar-refractivity contribution in [3.05, 3.63) is 58.1 Å². The number of ether oxygens (including phenoxy) is 1. The zero-order valence-corrected chi connectivity index (χ0v) is 19.1. The van der Waals surface area contributed by atoms with Crippen LogP contribution in [0.25, 0.3) is 0 Å². The predicted octanol–water partition coefficient (Wildman–Crippen LogP) is 5.32. The van der Waals surface area contributed by atoms with Gasteiger partial charge in [0.05, 0.1) is 7.11 Å². The minimum Gasteiger partial charge on any atom is -0.501 e. The Hall–Kier alpha value is -2.69. The Morgan fingerprint density at radius 2 is 1.41 bits per heavy atom. The molecule has 29 heavy (non-hydrogen) atoms. The van der Waals surface area contributed by atoms with E-state index >= 15 is 0 Å². The summed E-state index contributed by atoms with van der Waals surface area (Å²) in [7, 11) is 1.27. The largest absolute Gasteiger partial charge is 0.501 e. The van der Waals surface area contributed by atoms with E-state index in [0.29, 0.717) is 17.6 Å². The SMILES string of the molecule is CC.CC.CC=O.CCCc1ccc(CC2=C(C)C(=O)C(OC)=C(O)C2=O)cc1. The maximum Gasteiger partial charge on any atom is 0.228 e. The smallest absolute Gasteiger partial charge is 0.228 e. The van der Waals surface area contributed by atoms with Crippen molar-refractivity contribution in [2.75, 3.05) is 7.11 Å². The number of ketones is 2. The summed E-state index contributed by atoms with van der Waals surface area (Å²) in [6, 6.07) is 7.96. The van der Waals surface area contributed by atoms with Gasteiger partial charge in [-0.1, -0.05) is 65.3 Å². The molecule has 0 atom stereocenters. The molecule has 0 bridgehead atoms. The molecule has 2 rings (SSSR count). The molecule has 1 aliphatic carbocycles. The first-order valence-corrected chi connectivity index (χ1v) is 10.1. The number of Topliss-reactive ketones (excluding diaryl/α,β-unsaturated/α-hetero) is 2. The number of benzene rings is 1. The molecular formula is C24H36O5. The van der Waals surface area contributed by atoms with E-state index in [0.717, 1.165) is 24.7 Å². The highest BCUT2D eigenvalue weighted by molar-refractivity contribution is 6.23. The zero-order valence-electron chi connectivity index (χ0n) is 19.1. The molecule has 1 aliphatic rings. The molecule has 1 aromatic rings. The van der Waals surface area contributed by atoms with Crippen molar-refractivity contribution in [3.63, 3.8) is 0 Å². The van der Waals surface area contributed by atoms with Crippen molar-refractivity contribution in [1.82, 2.24) is 0 Å². The summed E-state index contributed by atoms with van der Waals surface area (Å²) in [5.74, 6) is -1.84. The van der Waals surface area contributed by atoms with Crippen LogP contribution in [0.15, 0.2) is 46.9 Å². The summed E-state index contributed by atoms with van der Waals surface area (Å²) >= 11 is 0. The standard InChI is InChI=1S/C18H20O4.C2H4O.2C2H6/c1-4-5-12-6-8-13(9-7-12)10-14-11(2)15(19)18(22-3)17(21)16(14)20;1-2-3;2*1-2/h6-9,21H,4-5,10H2,1-3H3;2H,1H3;2*1-2H3. The Kier molecular flexibility index (Phi) is 16.0. The molecule has 0 unspecified atom stereocenters. The molecule has 0 amide bonds. The maximum atomic E-state index is 12.2. The van der Waals surface area contributed by atoms with E-state index in [1.165, 1.54) is 19.6 Å². The highest BCUT2D eigenvalue weighted by Gasteiger charge is 2.33. The third kappa shape index (κ3) is 8.46. The van der Waals surface area contributed by atoms with Crippen LogP contribution in [0.4, 0.5) is 0 Å². The van der Waals surface area contributed by atoms with Gasteiger partial charge in [0.15, 0.2) is 0 Å². The van der Waals surface area contributed by atoms with Crippen LogP contribution in [0.5, 0.6) is 0 Å². The number of aliphatic hydroxyl groups excluding tert-OH is 1. The van der Waals surface area contributed by atoms with Gasteiger partial charge in [-0.15, -0.1) is 0 Å². The van der Waals surface area contributed by atoms with Crippen LogP contribution in [0.2, 0.25) is 0 Å². The van der Waals surface area contributed by atoms with E-state index in [9.17, 15) is 14.7 Å². The second kappa shape index (κ2) is 16.3. The summed E-state index contributed by atoms with van der Waals surface area (Å²) in [6.07, 6.45) is 3.17. The van der Waals surface area contributed by atoms with Crippen LogP contribution in [0.1, 0.15) is 66.0 Å². The molecule has 162 valence electrons. The summed E-state index contributed by atoms with van der Waals surface area (Å²) in [4.78, 5) is 33.1. The molecule has 0 saturated heterocycles. The molecule has 5 nitrogen and oxygen atoms in total.